The first kappa shape index (κ1) is 16.5. The lowest BCUT2D eigenvalue weighted by Crippen LogP contribution is -2.29. The zero-order valence-corrected chi connectivity index (χ0v) is 12.4. The molecule has 1 aromatic rings. The molecule has 1 amide bonds. The van der Waals surface area contributed by atoms with Gasteiger partial charge in [0, 0.05) is 13.2 Å². The standard InChI is InChI=1S/C16H25NO3/c1-13-7-8-14(2)15(11-13)20-12-16(19)17-9-5-3-4-6-10-18/h7-8,11,18H,3-6,9-10,12H2,1-2H3,(H,17,19). The van der Waals surface area contributed by atoms with Gasteiger partial charge in [0.2, 0.25) is 0 Å². The number of ether oxygens (including phenoxy) is 1. The number of benzene rings is 1. The first-order valence-electron chi connectivity index (χ1n) is 7.21. The van der Waals surface area contributed by atoms with Crippen LogP contribution in [-0.2, 0) is 4.79 Å². The molecule has 4 heteroatoms. The van der Waals surface area contributed by atoms with E-state index in [1.54, 1.807) is 0 Å². The van der Waals surface area contributed by atoms with Crippen LogP contribution in [-0.4, -0.2) is 30.8 Å². The molecule has 0 aromatic heterocycles. The average molecular weight is 279 g/mol. The van der Waals surface area contributed by atoms with E-state index >= 15 is 0 Å². The number of aliphatic hydroxyl groups excluding tert-OH is 1. The van der Waals surface area contributed by atoms with Crippen molar-refractivity contribution in [1.29, 1.82) is 0 Å². The summed E-state index contributed by atoms with van der Waals surface area (Å²) in [6.45, 7) is 4.93. The summed E-state index contributed by atoms with van der Waals surface area (Å²) in [4.78, 5) is 11.6. The number of aliphatic hydroxyl groups is 1. The van der Waals surface area contributed by atoms with Crippen molar-refractivity contribution in [2.75, 3.05) is 19.8 Å². The van der Waals surface area contributed by atoms with Crippen molar-refractivity contribution >= 4 is 5.91 Å². The van der Waals surface area contributed by atoms with Gasteiger partial charge in [-0.3, -0.25) is 4.79 Å². The van der Waals surface area contributed by atoms with Gasteiger partial charge in [-0.05, 0) is 43.9 Å². The molecule has 0 bridgehead atoms. The van der Waals surface area contributed by atoms with Crippen molar-refractivity contribution in [3.05, 3.63) is 29.3 Å². The van der Waals surface area contributed by atoms with Crippen molar-refractivity contribution in [2.24, 2.45) is 0 Å². The number of hydrogen-bond donors (Lipinski definition) is 2. The van der Waals surface area contributed by atoms with Crippen LogP contribution in [0.3, 0.4) is 0 Å². The Morgan fingerprint density at radius 3 is 2.70 bits per heavy atom. The van der Waals surface area contributed by atoms with E-state index in [2.05, 4.69) is 5.32 Å². The van der Waals surface area contributed by atoms with E-state index in [1.807, 2.05) is 32.0 Å². The van der Waals surface area contributed by atoms with Gasteiger partial charge in [0.1, 0.15) is 5.75 Å². The molecule has 4 nitrogen and oxygen atoms in total. The first-order chi connectivity index (χ1) is 9.63. The highest BCUT2D eigenvalue weighted by molar-refractivity contribution is 5.77. The predicted octanol–water partition coefficient (Wildman–Crippen LogP) is 2.35. The van der Waals surface area contributed by atoms with Crippen LogP contribution < -0.4 is 10.1 Å². The molecule has 0 saturated heterocycles. The molecule has 0 aliphatic rings. The molecule has 0 fully saturated rings. The monoisotopic (exact) mass is 279 g/mol. The molecular weight excluding hydrogens is 254 g/mol. The summed E-state index contributed by atoms with van der Waals surface area (Å²) in [5, 5.41) is 11.5. The third kappa shape index (κ3) is 6.57. The minimum Gasteiger partial charge on any atom is -0.483 e. The third-order valence-electron chi connectivity index (χ3n) is 3.11. The molecule has 0 aliphatic carbocycles. The highest BCUT2D eigenvalue weighted by atomic mass is 16.5. The molecule has 0 radical (unpaired) electrons. The zero-order valence-electron chi connectivity index (χ0n) is 12.4. The van der Waals surface area contributed by atoms with E-state index in [9.17, 15) is 4.79 Å². The molecular formula is C16H25NO3. The summed E-state index contributed by atoms with van der Waals surface area (Å²) in [6, 6.07) is 5.95. The SMILES string of the molecule is Cc1ccc(C)c(OCC(=O)NCCCCCCO)c1. The molecule has 20 heavy (non-hydrogen) atoms. The summed E-state index contributed by atoms with van der Waals surface area (Å²) < 4.78 is 5.53. The summed E-state index contributed by atoms with van der Waals surface area (Å²) >= 11 is 0. The van der Waals surface area contributed by atoms with E-state index in [-0.39, 0.29) is 19.1 Å². The average Bonchev–Trinajstić information content (AvgIpc) is 2.43. The fourth-order valence-corrected chi connectivity index (χ4v) is 1.88. The van der Waals surface area contributed by atoms with Crippen LogP contribution in [0.4, 0.5) is 0 Å². The minimum absolute atomic E-state index is 0.0565. The van der Waals surface area contributed by atoms with E-state index in [1.165, 1.54) is 0 Å². The molecule has 1 aromatic carbocycles. The predicted molar refractivity (Wildman–Crippen MR) is 80.0 cm³/mol. The second-order valence-corrected chi connectivity index (χ2v) is 5.05. The number of carbonyl (C=O) groups excluding carboxylic acids is 1. The maximum absolute atomic E-state index is 11.6. The molecule has 0 saturated carbocycles. The summed E-state index contributed by atoms with van der Waals surface area (Å²) in [5.74, 6) is 0.677. The maximum Gasteiger partial charge on any atom is 0.257 e. The Balaban J connectivity index is 2.18. The van der Waals surface area contributed by atoms with Crippen LogP contribution in [0.2, 0.25) is 0 Å². The Bertz CT molecular complexity index is 418. The fraction of sp³-hybridized carbons (Fsp3) is 0.562. The molecule has 112 valence electrons. The molecule has 0 spiro atoms. The Labute approximate surface area is 121 Å². The number of hydrogen-bond acceptors (Lipinski definition) is 3. The third-order valence-corrected chi connectivity index (χ3v) is 3.11. The minimum atomic E-state index is -0.0898. The van der Waals surface area contributed by atoms with Crippen molar-refractivity contribution < 1.29 is 14.6 Å². The lowest BCUT2D eigenvalue weighted by molar-refractivity contribution is -0.123. The number of carbonyl (C=O) groups is 1. The van der Waals surface area contributed by atoms with Crippen molar-refractivity contribution in [3.8, 4) is 5.75 Å². The topological polar surface area (TPSA) is 58.6 Å². The number of aryl methyl sites for hydroxylation is 2. The van der Waals surface area contributed by atoms with Crippen LogP contribution in [0.25, 0.3) is 0 Å². The highest BCUT2D eigenvalue weighted by Gasteiger charge is 2.04. The van der Waals surface area contributed by atoms with Crippen molar-refractivity contribution in [2.45, 2.75) is 39.5 Å². The van der Waals surface area contributed by atoms with Gasteiger partial charge in [-0.1, -0.05) is 25.0 Å². The summed E-state index contributed by atoms with van der Waals surface area (Å²) in [7, 11) is 0. The van der Waals surface area contributed by atoms with Crippen LogP contribution in [0.15, 0.2) is 18.2 Å². The van der Waals surface area contributed by atoms with Gasteiger partial charge in [0.05, 0.1) is 0 Å². The van der Waals surface area contributed by atoms with Crippen LogP contribution in [0, 0.1) is 13.8 Å². The van der Waals surface area contributed by atoms with Gasteiger partial charge in [0.15, 0.2) is 6.61 Å². The largest absolute Gasteiger partial charge is 0.483 e. The zero-order chi connectivity index (χ0) is 14.8. The van der Waals surface area contributed by atoms with Gasteiger partial charge >= 0.3 is 0 Å². The molecule has 0 unspecified atom stereocenters. The van der Waals surface area contributed by atoms with E-state index in [4.69, 9.17) is 9.84 Å². The van der Waals surface area contributed by atoms with Crippen LogP contribution in [0.1, 0.15) is 36.8 Å². The van der Waals surface area contributed by atoms with E-state index < -0.39 is 0 Å². The van der Waals surface area contributed by atoms with E-state index in [0.717, 1.165) is 42.6 Å². The number of unbranched alkanes of at least 4 members (excludes halogenated alkanes) is 3. The van der Waals surface area contributed by atoms with Gasteiger partial charge in [-0.15, -0.1) is 0 Å². The first-order valence-corrected chi connectivity index (χ1v) is 7.21. The molecule has 0 heterocycles. The van der Waals surface area contributed by atoms with Crippen molar-refractivity contribution in [3.63, 3.8) is 0 Å². The smallest absolute Gasteiger partial charge is 0.257 e. The normalized spacial score (nSPS) is 10.3. The van der Waals surface area contributed by atoms with Gasteiger partial charge < -0.3 is 15.2 Å². The molecule has 1 rings (SSSR count). The number of nitrogens with one attached hydrogen (secondary N) is 1. The quantitative estimate of drug-likeness (QED) is 0.682. The second kappa shape index (κ2) is 9.37. The summed E-state index contributed by atoms with van der Waals surface area (Å²) in [6.07, 6.45) is 3.81. The molecule has 2 N–H and O–H groups in total. The number of amides is 1. The molecule has 0 atom stereocenters. The Hall–Kier alpha value is -1.55. The lowest BCUT2D eigenvalue weighted by atomic mass is 10.1. The van der Waals surface area contributed by atoms with Crippen LogP contribution >= 0.6 is 0 Å². The lowest BCUT2D eigenvalue weighted by Gasteiger charge is -2.10. The van der Waals surface area contributed by atoms with Gasteiger partial charge in [0.25, 0.3) is 5.91 Å². The van der Waals surface area contributed by atoms with Gasteiger partial charge in [-0.2, -0.15) is 0 Å². The number of rotatable bonds is 9. The Morgan fingerprint density at radius 2 is 1.95 bits per heavy atom. The van der Waals surface area contributed by atoms with E-state index in [0.29, 0.717) is 6.54 Å². The molecule has 0 aliphatic heterocycles. The maximum atomic E-state index is 11.6. The second-order valence-electron chi connectivity index (χ2n) is 5.05. The fourth-order valence-electron chi connectivity index (χ4n) is 1.88. The van der Waals surface area contributed by atoms with Crippen molar-refractivity contribution in [1.82, 2.24) is 5.32 Å². The van der Waals surface area contributed by atoms with Gasteiger partial charge in [-0.25, -0.2) is 0 Å². The Morgan fingerprint density at radius 1 is 1.20 bits per heavy atom. The highest BCUT2D eigenvalue weighted by Crippen LogP contribution is 2.18. The summed E-state index contributed by atoms with van der Waals surface area (Å²) in [5.41, 5.74) is 2.15. The van der Waals surface area contributed by atoms with Crippen LogP contribution in [0.5, 0.6) is 5.75 Å². The Kier molecular flexibility index (Phi) is 7.73.